The normalized spacial score (nSPS) is 10.7. The first kappa shape index (κ1) is 8.58. The van der Waals surface area contributed by atoms with E-state index in [-0.39, 0.29) is 0 Å². The van der Waals surface area contributed by atoms with Crippen molar-refractivity contribution in [3.05, 3.63) is 46.5 Å². The number of rotatable bonds is 0. The van der Waals surface area contributed by atoms with Gasteiger partial charge in [-0.3, -0.25) is 0 Å². The van der Waals surface area contributed by atoms with Crippen molar-refractivity contribution in [3.8, 4) is 11.1 Å². The SMILES string of the molecule is Cc1ccccc2c(Cl)c(C)cc1-2. The third kappa shape index (κ3) is 1.31. The summed E-state index contributed by atoms with van der Waals surface area (Å²) in [6, 6.07) is 10.4. The Kier molecular flexibility index (Phi) is 2.01. The van der Waals surface area contributed by atoms with Crippen molar-refractivity contribution in [2.24, 2.45) is 0 Å². The molecular weight excluding hydrogens is 180 g/mol. The lowest BCUT2D eigenvalue weighted by atomic mass is 10.1. The molecule has 0 heterocycles. The van der Waals surface area contributed by atoms with Gasteiger partial charge in [0.2, 0.25) is 0 Å². The molecule has 0 saturated carbocycles. The third-order valence-corrected chi connectivity index (χ3v) is 2.88. The molecule has 66 valence electrons. The van der Waals surface area contributed by atoms with Gasteiger partial charge in [0.05, 0.1) is 5.02 Å². The Bertz CT molecular complexity index is 418. The minimum atomic E-state index is 0.884. The Morgan fingerprint density at radius 2 is 1.62 bits per heavy atom. The molecule has 0 aromatic heterocycles. The fraction of sp³-hybridized carbons (Fsp3) is 0.167. The van der Waals surface area contributed by atoms with Gasteiger partial charge in [-0.2, -0.15) is 0 Å². The average molecular weight is 191 g/mol. The minimum absolute atomic E-state index is 0.884. The predicted molar refractivity (Wildman–Crippen MR) is 57.5 cm³/mol. The number of aryl methyl sites for hydroxylation is 2. The lowest BCUT2D eigenvalue weighted by Crippen LogP contribution is -1.71. The van der Waals surface area contributed by atoms with Crippen molar-refractivity contribution in [2.75, 3.05) is 0 Å². The molecule has 0 saturated heterocycles. The standard InChI is InChI=1S/C12H11Cl/c1-8-5-3-4-6-10-11(8)7-9(2)12(10)13/h3-7H,1-2H3. The first-order valence-electron chi connectivity index (χ1n) is 4.34. The highest BCUT2D eigenvalue weighted by Gasteiger charge is 2.11. The van der Waals surface area contributed by atoms with Gasteiger partial charge in [-0.05, 0) is 36.6 Å². The summed E-state index contributed by atoms with van der Waals surface area (Å²) in [7, 11) is 0. The molecular formula is C12H11Cl. The molecule has 0 aliphatic heterocycles. The molecule has 0 nitrogen and oxygen atoms in total. The zero-order valence-electron chi connectivity index (χ0n) is 7.76. The molecule has 2 aliphatic carbocycles. The molecule has 0 bridgehead atoms. The summed E-state index contributed by atoms with van der Waals surface area (Å²) in [5.74, 6) is 0. The summed E-state index contributed by atoms with van der Waals surface area (Å²) in [6.45, 7) is 4.15. The Balaban J connectivity index is 2.84. The molecule has 13 heavy (non-hydrogen) atoms. The summed E-state index contributed by atoms with van der Waals surface area (Å²) < 4.78 is 0. The fourth-order valence-corrected chi connectivity index (χ4v) is 1.84. The molecule has 0 fully saturated rings. The maximum absolute atomic E-state index is 6.17. The molecule has 0 atom stereocenters. The molecule has 0 spiro atoms. The van der Waals surface area contributed by atoms with E-state index < -0.39 is 0 Å². The maximum atomic E-state index is 6.17. The summed E-state index contributed by atoms with van der Waals surface area (Å²) >= 11 is 6.17. The topological polar surface area (TPSA) is 0 Å². The van der Waals surface area contributed by atoms with Crippen molar-refractivity contribution < 1.29 is 0 Å². The lowest BCUT2D eigenvalue weighted by molar-refractivity contribution is 1.50. The van der Waals surface area contributed by atoms with Gasteiger partial charge in [-0.25, -0.2) is 0 Å². The van der Waals surface area contributed by atoms with Gasteiger partial charge in [0.15, 0.2) is 0 Å². The van der Waals surface area contributed by atoms with E-state index in [4.69, 9.17) is 11.6 Å². The smallest absolute Gasteiger partial charge is 0.0513 e. The summed E-state index contributed by atoms with van der Waals surface area (Å²) in [5, 5.41) is 0.884. The van der Waals surface area contributed by atoms with Crippen molar-refractivity contribution in [1.29, 1.82) is 0 Å². The van der Waals surface area contributed by atoms with Gasteiger partial charge in [0.1, 0.15) is 0 Å². The summed E-state index contributed by atoms with van der Waals surface area (Å²) in [6.07, 6.45) is 0. The van der Waals surface area contributed by atoms with Gasteiger partial charge >= 0.3 is 0 Å². The van der Waals surface area contributed by atoms with E-state index in [9.17, 15) is 0 Å². The Hall–Kier alpha value is -1.01. The molecule has 0 amide bonds. The van der Waals surface area contributed by atoms with E-state index in [2.05, 4.69) is 25.1 Å². The molecule has 0 unspecified atom stereocenters. The van der Waals surface area contributed by atoms with Crippen LogP contribution in [0.15, 0.2) is 30.3 Å². The van der Waals surface area contributed by atoms with Crippen LogP contribution in [0.4, 0.5) is 0 Å². The zero-order chi connectivity index (χ0) is 9.42. The second-order valence-electron chi connectivity index (χ2n) is 3.37. The number of hydrogen-bond acceptors (Lipinski definition) is 0. The third-order valence-electron chi connectivity index (χ3n) is 2.38. The first-order valence-corrected chi connectivity index (χ1v) is 4.72. The zero-order valence-corrected chi connectivity index (χ0v) is 8.52. The number of hydrogen-bond donors (Lipinski definition) is 0. The number of fused-ring (bicyclic) bond motifs is 1. The van der Waals surface area contributed by atoms with Gasteiger partial charge in [-0.1, -0.05) is 35.9 Å². The van der Waals surface area contributed by atoms with Crippen LogP contribution in [-0.2, 0) is 0 Å². The van der Waals surface area contributed by atoms with E-state index in [1.54, 1.807) is 0 Å². The molecule has 1 heteroatoms. The fourth-order valence-electron chi connectivity index (χ4n) is 1.62. The van der Waals surface area contributed by atoms with Crippen LogP contribution >= 0.6 is 11.6 Å². The second-order valence-corrected chi connectivity index (χ2v) is 3.75. The van der Waals surface area contributed by atoms with Crippen LogP contribution in [0.2, 0.25) is 5.02 Å². The molecule has 0 radical (unpaired) electrons. The van der Waals surface area contributed by atoms with Crippen LogP contribution in [-0.4, -0.2) is 0 Å². The maximum Gasteiger partial charge on any atom is 0.0513 e. The van der Waals surface area contributed by atoms with Crippen LogP contribution in [0.3, 0.4) is 0 Å². The minimum Gasteiger partial charge on any atom is -0.0834 e. The van der Waals surface area contributed by atoms with Crippen LogP contribution in [0.1, 0.15) is 11.1 Å². The van der Waals surface area contributed by atoms with E-state index in [1.165, 1.54) is 11.1 Å². The van der Waals surface area contributed by atoms with E-state index >= 15 is 0 Å². The highest BCUT2D eigenvalue weighted by atomic mass is 35.5. The summed E-state index contributed by atoms with van der Waals surface area (Å²) in [4.78, 5) is 0. The van der Waals surface area contributed by atoms with E-state index in [0.29, 0.717) is 0 Å². The monoisotopic (exact) mass is 190 g/mol. The Morgan fingerprint density at radius 1 is 0.923 bits per heavy atom. The lowest BCUT2D eigenvalue weighted by Gasteiger charge is -1.95. The van der Waals surface area contributed by atoms with Gasteiger partial charge in [0.25, 0.3) is 0 Å². The quantitative estimate of drug-likeness (QED) is 0.588. The van der Waals surface area contributed by atoms with Crippen LogP contribution in [0.25, 0.3) is 11.1 Å². The van der Waals surface area contributed by atoms with Gasteiger partial charge < -0.3 is 0 Å². The average Bonchev–Trinajstić information content (AvgIpc) is 2.30. The first-order chi connectivity index (χ1) is 6.20. The molecule has 0 aromatic rings. The van der Waals surface area contributed by atoms with Crippen LogP contribution in [0.5, 0.6) is 0 Å². The highest BCUT2D eigenvalue weighted by Crippen LogP contribution is 2.36. The van der Waals surface area contributed by atoms with E-state index in [1.807, 2.05) is 19.1 Å². The molecule has 2 rings (SSSR count). The molecule has 0 aromatic carbocycles. The Labute approximate surface area is 83.5 Å². The number of halogens is 1. The second kappa shape index (κ2) is 3.04. The molecule has 2 aliphatic rings. The predicted octanol–water partition coefficient (Wildman–Crippen LogP) is 4.06. The van der Waals surface area contributed by atoms with Gasteiger partial charge in [-0.15, -0.1) is 0 Å². The van der Waals surface area contributed by atoms with Crippen LogP contribution in [0, 0.1) is 13.8 Å². The summed E-state index contributed by atoms with van der Waals surface area (Å²) in [5.41, 5.74) is 4.84. The largest absolute Gasteiger partial charge is 0.0834 e. The van der Waals surface area contributed by atoms with Crippen molar-refractivity contribution in [1.82, 2.24) is 0 Å². The van der Waals surface area contributed by atoms with E-state index in [0.717, 1.165) is 16.1 Å². The van der Waals surface area contributed by atoms with Crippen molar-refractivity contribution in [3.63, 3.8) is 0 Å². The molecule has 0 N–H and O–H groups in total. The highest BCUT2D eigenvalue weighted by molar-refractivity contribution is 6.34. The van der Waals surface area contributed by atoms with Gasteiger partial charge in [0, 0.05) is 5.56 Å². The Morgan fingerprint density at radius 3 is 2.38 bits per heavy atom. The van der Waals surface area contributed by atoms with Crippen LogP contribution < -0.4 is 0 Å². The van der Waals surface area contributed by atoms with Crippen molar-refractivity contribution in [2.45, 2.75) is 13.8 Å². The van der Waals surface area contributed by atoms with Crippen molar-refractivity contribution >= 4 is 11.6 Å².